The van der Waals surface area contributed by atoms with Gasteiger partial charge in [0.25, 0.3) is 0 Å². The van der Waals surface area contributed by atoms with E-state index >= 15 is 0 Å². The van der Waals surface area contributed by atoms with Gasteiger partial charge in [-0.25, -0.2) is 4.99 Å². The summed E-state index contributed by atoms with van der Waals surface area (Å²) in [5.74, 6) is 3.15. The van der Waals surface area contributed by atoms with Crippen molar-refractivity contribution in [2.75, 3.05) is 6.54 Å². The molecule has 0 aliphatic heterocycles. The Balaban J connectivity index is 0.00000312. The minimum Gasteiger partial charge on any atom is -0.467 e. The first kappa shape index (κ1) is 21.5. The summed E-state index contributed by atoms with van der Waals surface area (Å²) in [7, 11) is 0. The molecule has 2 N–H and O–H groups in total. The fourth-order valence-electron chi connectivity index (χ4n) is 2.13. The number of nitrogens with zero attached hydrogens (tertiary/aromatic N) is 4. The Bertz CT molecular complexity index is 623. The van der Waals surface area contributed by atoms with Gasteiger partial charge in [-0.3, -0.25) is 0 Å². The fraction of sp³-hybridized carbons (Fsp3) is 0.588. The topological polar surface area (TPSA) is 80.3 Å². The van der Waals surface area contributed by atoms with Crippen LogP contribution >= 0.6 is 24.0 Å². The third kappa shape index (κ3) is 7.05. The molecule has 2 aromatic rings. The maximum atomic E-state index is 5.35. The molecule has 2 rings (SSSR count). The van der Waals surface area contributed by atoms with Crippen LogP contribution in [0.15, 0.2) is 34.1 Å². The number of hydrogen-bond donors (Lipinski definition) is 2. The van der Waals surface area contributed by atoms with Crippen LogP contribution in [-0.4, -0.2) is 33.3 Å². The van der Waals surface area contributed by atoms with Gasteiger partial charge in [0.15, 0.2) is 5.96 Å². The number of aliphatic imine (C=N–C) groups is 1. The van der Waals surface area contributed by atoms with Crippen molar-refractivity contribution in [1.29, 1.82) is 0 Å². The van der Waals surface area contributed by atoms with E-state index in [4.69, 9.17) is 4.42 Å². The van der Waals surface area contributed by atoms with Gasteiger partial charge in [0.05, 0.1) is 6.26 Å². The summed E-state index contributed by atoms with van der Waals surface area (Å²) in [4.78, 5) is 4.61. The molecule has 0 spiro atoms. The van der Waals surface area contributed by atoms with Crippen molar-refractivity contribution in [1.82, 2.24) is 25.4 Å². The molecule has 0 fully saturated rings. The first-order valence-corrected chi connectivity index (χ1v) is 8.54. The van der Waals surface area contributed by atoms with Gasteiger partial charge >= 0.3 is 0 Å². The third-order valence-electron chi connectivity index (χ3n) is 3.99. The molecular weight excluding hydrogens is 431 g/mol. The lowest BCUT2D eigenvalue weighted by atomic mass is 10.1. The zero-order chi connectivity index (χ0) is 17.4. The highest BCUT2D eigenvalue weighted by molar-refractivity contribution is 14.0. The highest BCUT2D eigenvalue weighted by Gasteiger charge is 2.10. The second-order valence-corrected chi connectivity index (χ2v) is 6.14. The van der Waals surface area contributed by atoms with Crippen LogP contribution in [0.2, 0.25) is 0 Å². The van der Waals surface area contributed by atoms with Crippen LogP contribution in [0.4, 0.5) is 0 Å². The summed E-state index contributed by atoms with van der Waals surface area (Å²) in [5.41, 5.74) is 0. The highest BCUT2D eigenvalue weighted by Crippen LogP contribution is 2.03. The third-order valence-corrected chi connectivity index (χ3v) is 3.99. The van der Waals surface area contributed by atoms with Gasteiger partial charge in [-0.2, -0.15) is 0 Å². The van der Waals surface area contributed by atoms with Gasteiger partial charge in [0.1, 0.15) is 24.5 Å². The molecule has 0 amide bonds. The molecule has 7 nitrogen and oxygen atoms in total. The minimum absolute atomic E-state index is 0. The standard InChI is InChI=1S/C17H28N6O.HI/c1-5-16-22-20-12-23(16)9-8-18-17(21-14(4)13(2)3)19-11-15-7-6-10-24-15;/h6-7,10,12-14H,5,8-9,11H2,1-4H3,(H2,18,19,21);1H. The van der Waals surface area contributed by atoms with Crippen LogP contribution in [0.5, 0.6) is 0 Å². The molecule has 25 heavy (non-hydrogen) atoms. The molecule has 0 saturated heterocycles. The lowest BCUT2D eigenvalue weighted by molar-refractivity contribution is 0.476. The summed E-state index contributed by atoms with van der Waals surface area (Å²) in [6, 6.07) is 4.13. The molecule has 0 radical (unpaired) electrons. The van der Waals surface area contributed by atoms with Gasteiger partial charge in [0, 0.05) is 25.6 Å². The molecule has 0 aromatic carbocycles. The number of hydrogen-bond acceptors (Lipinski definition) is 4. The molecule has 8 heteroatoms. The second kappa shape index (κ2) is 11.1. The van der Waals surface area contributed by atoms with E-state index in [-0.39, 0.29) is 24.0 Å². The number of aromatic nitrogens is 3. The van der Waals surface area contributed by atoms with Crippen LogP contribution in [-0.2, 0) is 19.5 Å². The average molecular weight is 460 g/mol. The van der Waals surface area contributed by atoms with Crippen molar-refractivity contribution in [3.8, 4) is 0 Å². The largest absolute Gasteiger partial charge is 0.467 e. The summed E-state index contributed by atoms with van der Waals surface area (Å²) in [5, 5.41) is 14.9. The van der Waals surface area contributed by atoms with E-state index < -0.39 is 0 Å². The van der Waals surface area contributed by atoms with E-state index in [1.807, 2.05) is 12.1 Å². The molecular formula is C17H29IN6O. The van der Waals surface area contributed by atoms with E-state index in [0.717, 1.165) is 37.1 Å². The second-order valence-electron chi connectivity index (χ2n) is 6.14. The smallest absolute Gasteiger partial charge is 0.191 e. The number of guanidine groups is 1. The predicted molar refractivity (Wildman–Crippen MR) is 110 cm³/mol. The van der Waals surface area contributed by atoms with E-state index in [9.17, 15) is 0 Å². The first-order valence-electron chi connectivity index (χ1n) is 8.54. The Morgan fingerprint density at radius 2 is 2.16 bits per heavy atom. The SMILES string of the molecule is CCc1nncn1CCNC(=NCc1ccco1)NC(C)C(C)C.I. The van der Waals surface area contributed by atoms with E-state index in [2.05, 4.69) is 58.1 Å². The number of aryl methyl sites for hydroxylation is 1. The van der Waals surface area contributed by atoms with Crippen molar-refractivity contribution >= 4 is 29.9 Å². The lowest BCUT2D eigenvalue weighted by Crippen LogP contribution is -2.45. The Morgan fingerprint density at radius 1 is 1.36 bits per heavy atom. The molecule has 0 aliphatic carbocycles. The van der Waals surface area contributed by atoms with Crippen LogP contribution in [0, 0.1) is 5.92 Å². The predicted octanol–water partition coefficient (Wildman–Crippen LogP) is 2.83. The lowest BCUT2D eigenvalue weighted by Gasteiger charge is -2.21. The number of nitrogens with one attached hydrogen (secondary N) is 2. The Hall–Kier alpha value is -1.58. The molecule has 1 unspecified atom stereocenters. The Labute approximate surface area is 166 Å². The molecule has 0 bridgehead atoms. The van der Waals surface area contributed by atoms with Crippen molar-refractivity contribution in [2.24, 2.45) is 10.9 Å². The maximum absolute atomic E-state index is 5.35. The Morgan fingerprint density at radius 3 is 2.80 bits per heavy atom. The van der Waals surface area contributed by atoms with E-state index in [1.165, 1.54) is 0 Å². The zero-order valence-corrected chi connectivity index (χ0v) is 17.7. The van der Waals surface area contributed by atoms with Crippen LogP contribution in [0.3, 0.4) is 0 Å². The summed E-state index contributed by atoms with van der Waals surface area (Å²) < 4.78 is 7.41. The number of halogens is 1. The van der Waals surface area contributed by atoms with Gasteiger partial charge in [-0.05, 0) is 25.0 Å². The van der Waals surface area contributed by atoms with Crippen LogP contribution in [0.1, 0.15) is 39.3 Å². The summed E-state index contributed by atoms with van der Waals surface area (Å²) in [6.45, 7) is 10.7. The molecule has 2 heterocycles. The normalized spacial score (nSPS) is 12.8. The quantitative estimate of drug-likeness (QED) is 0.360. The number of rotatable bonds is 8. The minimum atomic E-state index is 0. The first-order chi connectivity index (χ1) is 11.6. The van der Waals surface area contributed by atoms with Crippen LogP contribution < -0.4 is 10.6 Å². The fourth-order valence-corrected chi connectivity index (χ4v) is 2.13. The maximum Gasteiger partial charge on any atom is 0.191 e. The van der Waals surface area contributed by atoms with Crippen molar-refractivity contribution in [3.63, 3.8) is 0 Å². The van der Waals surface area contributed by atoms with Gasteiger partial charge < -0.3 is 19.6 Å². The summed E-state index contributed by atoms with van der Waals surface area (Å²) >= 11 is 0. The number of furan rings is 1. The van der Waals surface area contributed by atoms with Gasteiger partial charge in [0.2, 0.25) is 0 Å². The Kier molecular flexibility index (Phi) is 9.54. The zero-order valence-electron chi connectivity index (χ0n) is 15.4. The van der Waals surface area contributed by atoms with E-state index in [0.29, 0.717) is 18.5 Å². The summed E-state index contributed by atoms with van der Waals surface area (Å²) in [6.07, 6.45) is 4.31. The van der Waals surface area contributed by atoms with Crippen LogP contribution in [0.25, 0.3) is 0 Å². The highest BCUT2D eigenvalue weighted by atomic mass is 127. The van der Waals surface area contributed by atoms with Crippen molar-refractivity contribution in [2.45, 2.75) is 53.2 Å². The van der Waals surface area contributed by atoms with E-state index in [1.54, 1.807) is 12.6 Å². The molecule has 0 aliphatic rings. The molecule has 140 valence electrons. The molecule has 0 saturated carbocycles. The molecule has 1 atom stereocenters. The average Bonchev–Trinajstić information content (AvgIpc) is 3.23. The van der Waals surface area contributed by atoms with Crippen molar-refractivity contribution in [3.05, 3.63) is 36.3 Å². The molecule has 2 aromatic heterocycles. The van der Waals surface area contributed by atoms with Gasteiger partial charge in [-0.15, -0.1) is 34.2 Å². The van der Waals surface area contributed by atoms with Crippen molar-refractivity contribution < 1.29 is 4.42 Å². The van der Waals surface area contributed by atoms with Gasteiger partial charge in [-0.1, -0.05) is 20.8 Å². The monoisotopic (exact) mass is 460 g/mol.